The smallest absolute Gasteiger partial charge is 0.250 e. The Kier molecular flexibility index (Phi) is 2.75. The van der Waals surface area contributed by atoms with Gasteiger partial charge in [-0.2, -0.15) is 0 Å². The van der Waals surface area contributed by atoms with Crippen LogP contribution in [-0.2, 0) is 0 Å². The van der Waals surface area contributed by atoms with Crippen molar-refractivity contribution in [3.63, 3.8) is 0 Å². The molecular formula is C16H10ClN3O. The maximum absolute atomic E-state index is 5.88. The van der Waals surface area contributed by atoms with Crippen LogP contribution in [0.25, 0.3) is 33.8 Å². The first-order chi connectivity index (χ1) is 10.3. The van der Waals surface area contributed by atoms with Crippen molar-refractivity contribution in [2.45, 2.75) is 0 Å². The zero-order chi connectivity index (χ0) is 14.2. The minimum absolute atomic E-state index is 0.479. The second kappa shape index (κ2) is 4.75. The van der Waals surface area contributed by atoms with Gasteiger partial charge in [0.2, 0.25) is 11.8 Å². The van der Waals surface area contributed by atoms with Gasteiger partial charge in [0.25, 0.3) is 0 Å². The molecule has 2 aromatic carbocycles. The highest BCUT2D eigenvalue weighted by Gasteiger charge is 2.13. The first-order valence-electron chi connectivity index (χ1n) is 6.47. The molecule has 0 saturated carbocycles. The highest BCUT2D eigenvalue weighted by Crippen LogP contribution is 2.29. The summed E-state index contributed by atoms with van der Waals surface area (Å²) in [6.07, 6.45) is 1.88. The fourth-order valence-corrected chi connectivity index (χ4v) is 2.42. The Balaban J connectivity index is 1.79. The van der Waals surface area contributed by atoms with Crippen LogP contribution in [0.1, 0.15) is 0 Å². The van der Waals surface area contributed by atoms with Crippen LogP contribution >= 0.6 is 11.6 Å². The van der Waals surface area contributed by atoms with E-state index < -0.39 is 0 Å². The molecule has 0 aliphatic carbocycles. The lowest BCUT2D eigenvalue weighted by atomic mass is 10.2. The molecule has 4 aromatic rings. The number of nitrogens with zero attached hydrogens (tertiary/aromatic N) is 2. The van der Waals surface area contributed by atoms with Crippen LogP contribution in [0.5, 0.6) is 0 Å². The summed E-state index contributed by atoms with van der Waals surface area (Å²) in [4.78, 5) is 3.20. The molecule has 0 amide bonds. The zero-order valence-electron chi connectivity index (χ0n) is 10.9. The second-order valence-corrected chi connectivity index (χ2v) is 5.10. The van der Waals surface area contributed by atoms with Crippen molar-refractivity contribution in [1.29, 1.82) is 0 Å². The number of halogens is 1. The molecule has 2 heterocycles. The quantitative estimate of drug-likeness (QED) is 0.591. The highest BCUT2D eigenvalue weighted by atomic mass is 35.5. The van der Waals surface area contributed by atoms with Crippen molar-refractivity contribution < 1.29 is 4.42 Å². The maximum atomic E-state index is 5.88. The molecular weight excluding hydrogens is 286 g/mol. The minimum atomic E-state index is 0.479. The van der Waals surface area contributed by atoms with Gasteiger partial charge in [-0.15, -0.1) is 10.2 Å². The van der Waals surface area contributed by atoms with E-state index in [4.69, 9.17) is 16.0 Å². The molecule has 0 spiro atoms. The normalized spacial score (nSPS) is 11.1. The lowest BCUT2D eigenvalue weighted by molar-refractivity contribution is 0.585. The molecule has 0 fully saturated rings. The van der Waals surface area contributed by atoms with Crippen LogP contribution < -0.4 is 0 Å². The highest BCUT2D eigenvalue weighted by molar-refractivity contribution is 6.30. The monoisotopic (exact) mass is 295 g/mol. The van der Waals surface area contributed by atoms with Gasteiger partial charge >= 0.3 is 0 Å². The van der Waals surface area contributed by atoms with Gasteiger partial charge in [-0.3, -0.25) is 0 Å². The summed E-state index contributed by atoms with van der Waals surface area (Å²) in [5.74, 6) is 0.976. The standard InChI is InChI=1S/C16H10ClN3O/c17-11-7-5-10(6-8-11)15-19-20-16(21-15)13-9-18-14-4-2-1-3-12(13)14/h1-9,18H. The van der Waals surface area contributed by atoms with Gasteiger partial charge in [-0.1, -0.05) is 29.8 Å². The van der Waals surface area contributed by atoms with E-state index in [1.54, 1.807) is 12.1 Å². The van der Waals surface area contributed by atoms with E-state index >= 15 is 0 Å². The second-order valence-electron chi connectivity index (χ2n) is 4.67. The molecule has 1 N–H and O–H groups in total. The lowest BCUT2D eigenvalue weighted by Gasteiger charge is -1.94. The third-order valence-electron chi connectivity index (χ3n) is 3.34. The van der Waals surface area contributed by atoms with E-state index in [0.29, 0.717) is 16.8 Å². The molecule has 0 saturated heterocycles. The Labute approximate surface area is 125 Å². The summed E-state index contributed by atoms with van der Waals surface area (Å²) < 4.78 is 5.78. The summed E-state index contributed by atoms with van der Waals surface area (Å²) in [5.41, 5.74) is 2.79. The molecule has 102 valence electrons. The Bertz CT molecular complexity index is 909. The van der Waals surface area contributed by atoms with E-state index in [1.165, 1.54) is 0 Å². The van der Waals surface area contributed by atoms with Gasteiger partial charge in [-0.05, 0) is 30.3 Å². The molecule has 0 aliphatic heterocycles. The molecule has 0 aliphatic rings. The molecule has 2 aromatic heterocycles. The number of rotatable bonds is 2. The largest absolute Gasteiger partial charge is 0.416 e. The average molecular weight is 296 g/mol. The van der Waals surface area contributed by atoms with Gasteiger partial charge < -0.3 is 9.40 Å². The van der Waals surface area contributed by atoms with Crippen molar-refractivity contribution in [3.8, 4) is 22.9 Å². The third kappa shape index (κ3) is 2.10. The maximum Gasteiger partial charge on any atom is 0.250 e. The summed E-state index contributed by atoms with van der Waals surface area (Å²) in [7, 11) is 0. The summed E-state index contributed by atoms with van der Waals surface area (Å²) in [6.45, 7) is 0. The van der Waals surface area contributed by atoms with Crippen molar-refractivity contribution in [2.24, 2.45) is 0 Å². The van der Waals surface area contributed by atoms with Crippen LogP contribution in [0.3, 0.4) is 0 Å². The summed E-state index contributed by atoms with van der Waals surface area (Å²) in [6, 6.07) is 15.3. The molecule has 0 atom stereocenters. The number of hydrogen-bond acceptors (Lipinski definition) is 3. The summed E-state index contributed by atoms with van der Waals surface area (Å²) in [5, 5.41) is 9.98. The van der Waals surface area contributed by atoms with Crippen LogP contribution in [-0.4, -0.2) is 15.2 Å². The zero-order valence-corrected chi connectivity index (χ0v) is 11.6. The van der Waals surface area contributed by atoms with E-state index in [1.807, 2.05) is 42.6 Å². The number of H-pyrrole nitrogens is 1. The van der Waals surface area contributed by atoms with Crippen molar-refractivity contribution >= 4 is 22.5 Å². The van der Waals surface area contributed by atoms with Crippen LogP contribution in [0.15, 0.2) is 59.1 Å². The van der Waals surface area contributed by atoms with E-state index in [9.17, 15) is 0 Å². The first kappa shape index (κ1) is 12.2. The Morgan fingerprint density at radius 2 is 1.67 bits per heavy atom. The number of nitrogens with one attached hydrogen (secondary N) is 1. The minimum Gasteiger partial charge on any atom is -0.416 e. The van der Waals surface area contributed by atoms with Crippen molar-refractivity contribution in [1.82, 2.24) is 15.2 Å². The SMILES string of the molecule is Clc1ccc(-c2nnc(-c3c[nH]c4ccccc34)o2)cc1. The van der Waals surface area contributed by atoms with Gasteiger partial charge in [0.1, 0.15) is 0 Å². The number of aromatic nitrogens is 3. The van der Waals surface area contributed by atoms with E-state index in [2.05, 4.69) is 15.2 Å². The fraction of sp³-hybridized carbons (Fsp3) is 0. The Hall–Kier alpha value is -2.59. The molecule has 0 unspecified atom stereocenters. The number of para-hydroxylation sites is 1. The van der Waals surface area contributed by atoms with Gasteiger partial charge in [0.05, 0.1) is 5.56 Å². The molecule has 5 heteroatoms. The average Bonchev–Trinajstić information content (AvgIpc) is 3.14. The number of aromatic amines is 1. The molecule has 4 nitrogen and oxygen atoms in total. The van der Waals surface area contributed by atoms with Gasteiger partial charge in [0.15, 0.2) is 0 Å². The molecule has 4 rings (SSSR count). The molecule has 21 heavy (non-hydrogen) atoms. The number of hydrogen-bond donors (Lipinski definition) is 1. The Morgan fingerprint density at radius 3 is 2.52 bits per heavy atom. The van der Waals surface area contributed by atoms with E-state index in [0.717, 1.165) is 22.0 Å². The predicted octanol–water partition coefficient (Wildman–Crippen LogP) is 4.54. The van der Waals surface area contributed by atoms with Gasteiger partial charge in [-0.25, -0.2) is 0 Å². The van der Waals surface area contributed by atoms with Gasteiger partial charge in [0, 0.05) is 27.7 Å². The third-order valence-corrected chi connectivity index (χ3v) is 3.59. The van der Waals surface area contributed by atoms with Crippen LogP contribution in [0, 0.1) is 0 Å². The molecule has 0 radical (unpaired) electrons. The van der Waals surface area contributed by atoms with E-state index in [-0.39, 0.29) is 0 Å². The van der Waals surface area contributed by atoms with Crippen LogP contribution in [0.2, 0.25) is 5.02 Å². The Morgan fingerprint density at radius 1 is 0.905 bits per heavy atom. The lowest BCUT2D eigenvalue weighted by Crippen LogP contribution is -1.76. The van der Waals surface area contributed by atoms with Crippen LogP contribution in [0.4, 0.5) is 0 Å². The number of benzene rings is 2. The topological polar surface area (TPSA) is 54.7 Å². The molecule has 0 bridgehead atoms. The van der Waals surface area contributed by atoms with Crippen molar-refractivity contribution in [2.75, 3.05) is 0 Å². The fourth-order valence-electron chi connectivity index (χ4n) is 2.29. The first-order valence-corrected chi connectivity index (χ1v) is 6.85. The number of fused-ring (bicyclic) bond motifs is 1. The van der Waals surface area contributed by atoms with Crippen molar-refractivity contribution in [3.05, 3.63) is 59.8 Å². The summed E-state index contributed by atoms with van der Waals surface area (Å²) >= 11 is 5.88. The predicted molar refractivity (Wildman–Crippen MR) is 82.0 cm³/mol.